The summed E-state index contributed by atoms with van der Waals surface area (Å²) in [7, 11) is 0. The van der Waals surface area contributed by atoms with Gasteiger partial charge in [0.05, 0.1) is 0 Å². The fourth-order valence-electron chi connectivity index (χ4n) is 1.72. The normalized spacial score (nSPS) is 11.2. The first-order chi connectivity index (χ1) is 9.39. The Morgan fingerprint density at radius 1 is 1.05 bits per heavy atom. The van der Waals surface area contributed by atoms with Crippen LogP contribution in [-0.2, 0) is 0 Å². The monoisotopic (exact) mass is 300 g/mol. The van der Waals surface area contributed by atoms with E-state index in [0.29, 0.717) is 28.0 Å². The van der Waals surface area contributed by atoms with Gasteiger partial charge in [0.25, 0.3) is 0 Å². The fraction of sp³-hybridized carbons (Fsp3) is 0.0714. The second-order valence-electron chi connectivity index (χ2n) is 3.92. The molecule has 2 nitrogen and oxygen atoms in total. The van der Waals surface area contributed by atoms with Gasteiger partial charge in [0.15, 0.2) is 6.29 Å². The van der Waals surface area contributed by atoms with E-state index in [1.54, 1.807) is 18.2 Å². The third-order valence-corrected chi connectivity index (χ3v) is 2.78. The van der Waals surface area contributed by atoms with Crippen LogP contribution in [0.1, 0.15) is 10.4 Å². The quantitative estimate of drug-likeness (QED) is 0.767. The van der Waals surface area contributed by atoms with Crippen LogP contribution in [0.5, 0.6) is 5.75 Å². The lowest BCUT2D eigenvalue weighted by Crippen LogP contribution is -2.16. The maximum absolute atomic E-state index is 12.1. The van der Waals surface area contributed by atoms with Gasteiger partial charge in [0.2, 0.25) is 0 Å². The summed E-state index contributed by atoms with van der Waals surface area (Å²) in [5.74, 6) is -0.323. The van der Waals surface area contributed by atoms with Crippen molar-refractivity contribution in [2.45, 2.75) is 6.36 Å². The number of benzene rings is 2. The molecule has 0 unspecified atom stereocenters. The predicted molar refractivity (Wildman–Crippen MR) is 69.0 cm³/mol. The highest BCUT2D eigenvalue weighted by atomic mass is 35.5. The van der Waals surface area contributed by atoms with Crippen molar-refractivity contribution in [3.05, 3.63) is 53.1 Å². The molecule has 0 bridgehead atoms. The number of halogens is 4. The number of aldehydes is 1. The summed E-state index contributed by atoms with van der Waals surface area (Å²) >= 11 is 5.85. The second-order valence-corrected chi connectivity index (χ2v) is 4.36. The third kappa shape index (κ3) is 3.51. The summed E-state index contributed by atoms with van der Waals surface area (Å²) in [5.41, 5.74) is 1.52. The summed E-state index contributed by atoms with van der Waals surface area (Å²) in [5, 5.41) is 0.432. The molecule has 0 spiro atoms. The van der Waals surface area contributed by atoms with Crippen molar-refractivity contribution in [1.29, 1.82) is 0 Å². The van der Waals surface area contributed by atoms with Crippen molar-refractivity contribution >= 4 is 17.9 Å². The number of hydrogen-bond acceptors (Lipinski definition) is 2. The zero-order chi connectivity index (χ0) is 14.8. The Labute approximate surface area is 117 Å². The van der Waals surface area contributed by atoms with E-state index in [-0.39, 0.29) is 5.75 Å². The van der Waals surface area contributed by atoms with E-state index < -0.39 is 6.36 Å². The average Bonchev–Trinajstić information content (AvgIpc) is 2.38. The molecule has 0 aliphatic carbocycles. The standard InChI is InChI=1S/C14H8ClF3O2/c15-11-4-1-10(8-19)13(7-11)9-2-5-12(6-3-9)20-14(16,17)18/h1-8H. The van der Waals surface area contributed by atoms with Crippen molar-refractivity contribution in [1.82, 2.24) is 0 Å². The minimum absolute atomic E-state index is 0.323. The second kappa shape index (κ2) is 5.54. The Morgan fingerprint density at radius 2 is 1.70 bits per heavy atom. The van der Waals surface area contributed by atoms with Gasteiger partial charge in [-0.1, -0.05) is 23.7 Å². The van der Waals surface area contributed by atoms with Gasteiger partial charge in [0.1, 0.15) is 5.75 Å². The first kappa shape index (κ1) is 14.4. The number of carbonyl (C=O) groups excluding carboxylic acids is 1. The zero-order valence-corrected chi connectivity index (χ0v) is 10.7. The lowest BCUT2D eigenvalue weighted by Gasteiger charge is -2.10. The molecule has 104 valence electrons. The molecule has 6 heteroatoms. The lowest BCUT2D eigenvalue weighted by molar-refractivity contribution is -0.274. The van der Waals surface area contributed by atoms with Crippen molar-refractivity contribution < 1.29 is 22.7 Å². The molecule has 0 aromatic heterocycles. The molecule has 20 heavy (non-hydrogen) atoms. The third-order valence-electron chi connectivity index (χ3n) is 2.54. The molecule has 0 saturated heterocycles. The highest BCUT2D eigenvalue weighted by Gasteiger charge is 2.30. The molecule has 0 aliphatic heterocycles. The number of ether oxygens (including phenoxy) is 1. The lowest BCUT2D eigenvalue weighted by atomic mass is 10.0. The maximum atomic E-state index is 12.1. The number of alkyl halides is 3. The Balaban J connectivity index is 2.35. The van der Waals surface area contributed by atoms with Crippen LogP contribution in [0.15, 0.2) is 42.5 Å². The maximum Gasteiger partial charge on any atom is 0.573 e. The van der Waals surface area contributed by atoms with Crippen molar-refractivity contribution in [2.75, 3.05) is 0 Å². The minimum Gasteiger partial charge on any atom is -0.406 e. The van der Waals surface area contributed by atoms with Gasteiger partial charge in [-0.3, -0.25) is 4.79 Å². The summed E-state index contributed by atoms with van der Waals surface area (Å²) in [6.07, 6.45) is -4.07. The van der Waals surface area contributed by atoms with E-state index >= 15 is 0 Å². The molecule has 2 aromatic carbocycles. The van der Waals surface area contributed by atoms with Gasteiger partial charge >= 0.3 is 6.36 Å². The summed E-state index contributed by atoms with van der Waals surface area (Å²) in [6, 6.07) is 9.90. The highest BCUT2D eigenvalue weighted by Crippen LogP contribution is 2.29. The predicted octanol–water partition coefficient (Wildman–Crippen LogP) is 4.72. The molecule has 2 aromatic rings. The van der Waals surface area contributed by atoms with E-state index in [0.717, 1.165) is 0 Å². The number of rotatable bonds is 3. The molecule has 0 atom stereocenters. The van der Waals surface area contributed by atoms with Crippen LogP contribution in [0.2, 0.25) is 5.02 Å². The summed E-state index contributed by atoms with van der Waals surface area (Å²) < 4.78 is 39.9. The van der Waals surface area contributed by atoms with Gasteiger partial charge in [-0.2, -0.15) is 0 Å². The first-order valence-corrected chi connectivity index (χ1v) is 5.88. The number of carbonyl (C=O) groups is 1. The van der Waals surface area contributed by atoms with Gasteiger partial charge in [-0.05, 0) is 41.5 Å². The van der Waals surface area contributed by atoms with Crippen LogP contribution >= 0.6 is 11.6 Å². The Hall–Kier alpha value is -2.01. The van der Waals surface area contributed by atoms with Crippen LogP contribution < -0.4 is 4.74 Å². The van der Waals surface area contributed by atoms with E-state index in [2.05, 4.69) is 4.74 Å². The molecule has 2 rings (SSSR count). The molecular formula is C14H8ClF3O2. The molecule has 0 aliphatic rings. The Bertz CT molecular complexity index is 621. The summed E-state index contributed by atoms with van der Waals surface area (Å²) in [4.78, 5) is 10.9. The molecule has 0 N–H and O–H groups in total. The van der Waals surface area contributed by atoms with E-state index in [1.807, 2.05) is 0 Å². The molecule has 0 amide bonds. The van der Waals surface area contributed by atoms with Crippen LogP contribution in [0.25, 0.3) is 11.1 Å². The Morgan fingerprint density at radius 3 is 2.25 bits per heavy atom. The molecule has 0 heterocycles. The molecule has 0 radical (unpaired) electrons. The highest BCUT2D eigenvalue weighted by molar-refractivity contribution is 6.31. The van der Waals surface area contributed by atoms with Crippen molar-refractivity contribution in [3.8, 4) is 16.9 Å². The van der Waals surface area contributed by atoms with Crippen molar-refractivity contribution in [2.24, 2.45) is 0 Å². The zero-order valence-electron chi connectivity index (χ0n) is 9.95. The van der Waals surface area contributed by atoms with Crippen LogP contribution in [0.3, 0.4) is 0 Å². The molecular weight excluding hydrogens is 293 g/mol. The van der Waals surface area contributed by atoms with E-state index in [4.69, 9.17) is 11.6 Å². The first-order valence-electron chi connectivity index (χ1n) is 5.50. The average molecular weight is 301 g/mol. The summed E-state index contributed by atoms with van der Waals surface area (Å²) in [6.45, 7) is 0. The van der Waals surface area contributed by atoms with Crippen LogP contribution in [-0.4, -0.2) is 12.6 Å². The van der Waals surface area contributed by atoms with Crippen LogP contribution in [0.4, 0.5) is 13.2 Å². The van der Waals surface area contributed by atoms with Crippen molar-refractivity contribution in [3.63, 3.8) is 0 Å². The topological polar surface area (TPSA) is 26.3 Å². The molecule has 0 fully saturated rings. The van der Waals surface area contributed by atoms with Gasteiger partial charge in [-0.25, -0.2) is 0 Å². The van der Waals surface area contributed by atoms with E-state index in [1.165, 1.54) is 24.3 Å². The Kier molecular flexibility index (Phi) is 3.99. The smallest absolute Gasteiger partial charge is 0.406 e. The largest absolute Gasteiger partial charge is 0.573 e. The minimum atomic E-state index is -4.73. The van der Waals surface area contributed by atoms with Gasteiger partial charge in [0, 0.05) is 10.6 Å². The van der Waals surface area contributed by atoms with E-state index in [9.17, 15) is 18.0 Å². The van der Waals surface area contributed by atoms with Crippen LogP contribution in [0, 0.1) is 0 Å². The van der Waals surface area contributed by atoms with Gasteiger partial charge in [-0.15, -0.1) is 13.2 Å². The SMILES string of the molecule is O=Cc1ccc(Cl)cc1-c1ccc(OC(F)(F)F)cc1. The molecule has 0 saturated carbocycles. The van der Waals surface area contributed by atoms with Gasteiger partial charge < -0.3 is 4.74 Å². The fourth-order valence-corrected chi connectivity index (χ4v) is 1.89. The number of hydrogen-bond donors (Lipinski definition) is 0.